The van der Waals surface area contributed by atoms with Gasteiger partial charge in [-0.1, -0.05) is 0 Å². The first-order valence-electron chi connectivity index (χ1n) is 12.0. The third kappa shape index (κ3) is 4.81. The van der Waals surface area contributed by atoms with Gasteiger partial charge < -0.3 is 25.5 Å². The molecule has 1 aromatic rings. The number of carbonyl (C=O) groups is 2. The summed E-state index contributed by atoms with van der Waals surface area (Å²) in [5.41, 5.74) is 1.97. The van der Waals surface area contributed by atoms with E-state index in [1.165, 1.54) is 12.8 Å². The van der Waals surface area contributed by atoms with Crippen molar-refractivity contribution in [1.82, 2.24) is 10.2 Å². The Morgan fingerprint density at radius 3 is 2.39 bits per heavy atom. The third-order valence-electron chi connectivity index (χ3n) is 7.38. The maximum Gasteiger partial charge on any atom is 0.318 e. The van der Waals surface area contributed by atoms with Gasteiger partial charge in [0, 0.05) is 49.0 Å². The van der Waals surface area contributed by atoms with E-state index in [0.29, 0.717) is 25.2 Å². The van der Waals surface area contributed by atoms with E-state index in [9.17, 15) is 14.7 Å². The zero-order chi connectivity index (χ0) is 21.4. The van der Waals surface area contributed by atoms with E-state index in [-0.39, 0.29) is 36.2 Å². The van der Waals surface area contributed by atoms with Gasteiger partial charge in [0.15, 0.2) is 0 Å². The summed E-state index contributed by atoms with van der Waals surface area (Å²) in [5, 5.41) is 16.3. The zero-order valence-corrected chi connectivity index (χ0v) is 18.1. The Labute approximate surface area is 184 Å². The summed E-state index contributed by atoms with van der Waals surface area (Å²) < 4.78 is 0. The predicted molar refractivity (Wildman–Crippen MR) is 120 cm³/mol. The number of carbonyl (C=O) groups excluding carboxylic acids is 2. The minimum absolute atomic E-state index is 0.0416. The van der Waals surface area contributed by atoms with Crippen molar-refractivity contribution in [3.63, 3.8) is 0 Å². The number of amides is 3. The Balaban J connectivity index is 1.15. The maximum absolute atomic E-state index is 13.0. The molecule has 168 valence electrons. The Bertz CT molecular complexity index is 796. The van der Waals surface area contributed by atoms with Gasteiger partial charge in [-0.2, -0.15) is 0 Å². The van der Waals surface area contributed by atoms with Crippen LogP contribution in [0.25, 0.3) is 0 Å². The summed E-state index contributed by atoms with van der Waals surface area (Å²) in [4.78, 5) is 29.3. The van der Waals surface area contributed by atoms with Crippen LogP contribution in [0.5, 0.6) is 0 Å². The van der Waals surface area contributed by atoms with Crippen molar-refractivity contribution in [2.75, 3.05) is 23.3 Å². The molecule has 3 aliphatic heterocycles. The fourth-order valence-corrected chi connectivity index (χ4v) is 5.61. The molecule has 4 aliphatic rings. The van der Waals surface area contributed by atoms with Crippen LogP contribution in [-0.2, 0) is 4.79 Å². The zero-order valence-electron chi connectivity index (χ0n) is 18.1. The fraction of sp³-hybridized carbons (Fsp3) is 0.667. The van der Waals surface area contributed by atoms with E-state index in [1.807, 2.05) is 17.0 Å². The molecule has 31 heavy (non-hydrogen) atoms. The lowest BCUT2D eigenvalue weighted by atomic mass is 10.00. The maximum atomic E-state index is 13.0. The number of hydrogen-bond donors (Lipinski definition) is 3. The molecule has 1 aromatic carbocycles. The molecule has 0 radical (unpaired) electrons. The molecule has 7 nitrogen and oxygen atoms in total. The molecule has 4 fully saturated rings. The monoisotopic (exact) mass is 426 g/mol. The first kappa shape index (κ1) is 20.6. The first-order chi connectivity index (χ1) is 15.0. The molecule has 4 atom stereocenters. The van der Waals surface area contributed by atoms with Crippen molar-refractivity contribution >= 4 is 23.3 Å². The van der Waals surface area contributed by atoms with Gasteiger partial charge in [0.1, 0.15) is 0 Å². The summed E-state index contributed by atoms with van der Waals surface area (Å²) in [6, 6.07) is 8.61. The lowest BCUT2D eigenvalue weighted by Crippen LogP contribution is -2.56. The molecular formula is C24H34N4O3. The second-order valence-electron chi connectivity index (χ2n) is 9.89. The van der Waals surface area contributed by atoms with Crippen molar-refractivity contribution in [1.29, 1.82) is 0 Å². The second kappa shape index (κ2) is 8.69. The molecule has 0 aromatic heterocycles. The van der Waals surface area contributed by atoms with Crippen LogP contribution in [0.1, 0.15) is 57.8 Å². The number of nitrogens with zero attached hydrogens (tertiary/aromatic N) is 2. The largest absolute Gasteiger partial charge is 0.393 e. The lowest BCUT2D eigenvalue weighted by molar-refractivity contribution is -0.116. The molecule has 3 N–H and O–H groups in total. The minimum Gasteiger partial charge on any atom is -0.393 e. The van der Waals surface area contributed by atoms with E-state index < -0.39 is 0 Å². The number of hydrogen-bond acceptors (Lipinski definition) is 4. The van der Waals surface area contributed by atoms with Crippen LogP contribution in [0.3, 0.4) is 0 Å². The molecule has 1 saturated carbocycles. The highest BCUT2D eigenvalue weighted by Gasteiger charge is 2.43. The highest BCUT2D eigenvalue weighted by Crippen LogP contribution is 2.36. The van der Waals surface area contributed by atoms with E-state index in [2.05, 4.69) is 27.7 Å². The summed E-state index contributed by atoms with van der Waals surface area (Å²) in [5.74, 6) is 0.695. The third-order valence-corrected chi connectivity index (χ3v) is 7.38. The number of piperidine rings is 2. The van der Waals surface area contributed by atoms with Crippen LogP contribution in [-0.4, -0.2) is 59.3 Å². The van der Waals surface area contributed by atoms with E-state index in [0.717, 1.165) is 50.1 Å². The summed E-state index contributed by atoms with van der Waals surface area (Å²) >= 11 is 0. The average molecular weight is 427 g/mol. The van der Waals surface area contributed by atoms with Crippen LogP contribution in [0.2, 0.25) is 0 Å². The molecule has 1 aliphatic carbocycles. The Morgan fingerprint density at radius 2 is 1.71 bits per heavy atom. The average Bonchev–Trinajstić information content (AvgIpc) is 3.51. The normalized spacial score (nSPS) is 30.2. The summed E-state index contributed by atoms with van der Waals surface area (Å²) in [6.45, 7) is 1.77. The number of nitrogens with one attached hydrogen (secondary N) is 2. The number of aliphatic hydroxyl groups excluding tert-OH is 1. The van der Waals surface area contributed by atoms with Gasteiger partial charge in [-0.25, -0.2) is 4.79 Å². The van der Waals surface area contributed by atoms with Gasteiger partial charge in [-0.15, -0.1) is 0 Å². The summed E-state index contributed by atoms with van der Waals surface area (Å²) in [6.07, 6.45) is 8.21. The predicted octanol–water partition coefficient (Wildman–Crippen LogP) is 3.09. The number of fused-ring (bicyclic) bond motifs is 2. The molecule has 5 rings (SSSR count). The Hall–Kier alpha value is -2.28. The van der Waals surface area contributed by atoms with Crippen LogP contribution < -0.4 is 15.5 Å². The molecule has 3 saturated heterocycles. The number of benzene rings is 1. The van der Waals surface area contributed by atoms with E-state index in [1.54, 1.807) is 0 Å². The summed E-state index contributed by atoms with van der Waals surface area (Å²) in [7, 11) is 0. The van der Waals surface area contributed by atoms with Crippen molar-refractivity contribution in [2.24, 2.45) is 5.92 Å². The SMILES string of the molecule is O=C(CC1CC1)Nc1ccc(N2CCC[C@H](NC(=O)N3[C@@H]4CC[C@H]3C[C@@H](O)C4)C2)cc1. The number of rotatable bonds is 5. The van der Waals surface area contributed by atoms with Crippen LogP contribution in [0, 0.1) is 5.92 Å². The molecular weight excluding hydrogens is 392 g/mol. The Morgan fingerprint density at radius 1 is 1.00 bits per heavy atom. The van der Waals surface area contributed by atoms with Gasteiger partial charge in [0.25, 0.3) is 0 Å². The molecule has 3 heterocycles. The highest BCUT2D eigenvalue weighted by molar-refractivity contribution is 5.91. The van der Waals surface area contributed by atoms with E-state index >= 15 is 0 Å². The molecule has 2 bridgehead atoms. The number of aliphatic hydroxyl groups is 1. The Kier molecular flexibility index (Phi) is 5.78. The van der Waals surface area contributed by atoms with Gasteiger partial charge in [0.05, 0.1) is 6.10 Å². The standard InChI is InChI=1S/C24H34N4O3/c29-22-13-20-9-10-21(14-22)28(20)24(31)26-18-2-1-11-27(15-18)19-7-5-17(6-8-19)25-23(30)12-16-3-4-16/h5-8,16,18,20-22,29H,1-4,9-15H2,(H,25,30)(H,26,31)/t18-,20-,21+,22+/m0/s1. The van der Waals surface area contributed by atoms with Crippen molar-refractivity contribution < 1.29 is 14.7 Å². The number of anilines is 2. The van der Waals surface area contributed by atoms with Crippen LogP contribution in [0.15, 0.2) is 24.3 Å². The van der Waals surface area contributed by atoms with Gasteiger partial charge in [-0.05, 0) is 81.5 Å². The molecule has 7 heteroatoms. The first-order valence-corrected chi connectivity index (χ1v) is 12.0. The van der Waals surface area contributed by atoms with Gasteiger partial charge in [0.2, 0.25) is 5.91 Å². The molecule has 0 unspecified atom stereocenters. The van der Waals surface area contributed by atoms with Crippen molar-refractivity contribution in [3.05, 3.63) is 24.3 Å². The highest BCUT2D eigenvalue weighted by atomic mass is 16.3. The second-order valence-corrected chi connectivity index (χ2v) is 9.89. The topological polar surface area (TPSA) is 84.9 Å². The van der Waals surface area contributed by atoms with Crippen molar-refractivity contribution in [2.45, 2.75) is 82.0 Å². The molecule has 3 amide bonds. The van der Waals surface area contributed by atoms with Gasteiger partial charge in [-0.3, -0.25) is 4.79 Å². The lowest BCUT2D eigenvalue weighted by Gasteiger charge is -2.40. The van der Waals surface area contributed by atoms with Gasteiger partial charge >= 0.3 is 6.03 Å². The molecule has 0 spiro atoms. The van der Waals surface area contributed by atoms with Crippen molar-refractivity contribution in [3.8, 4) is 0 Å². The van der Waals surface area contributed by atoms with Crippen LogP contribution >= 0.6 is 0 Å². The minimum atomic E-state index is -0.256. The smallest absolute Gasteiger partial charge is 0.318 e. The quantitative estimate of drug-likeness (QED) is 0.676. The van der Waals surface area contributed by atoms with Crippen LogP contribution in [0.4, 0.5) is 16.2 Å². The van der Waals surface area contributed by atoms with E-state index in [4.69, 9.17) is 0 Å². The number of urea groups is 1. The fourth-order valence-electron chi connectivity index (χ4n) is 5.61.